The Kier molecular flexibility index (Phi) is 15.0. The topological polar surface area (TPSA) is 0 Å². The number of fused-ring (bicyclic) bond motifs is 2. The summed E-state index contributed by atoms with van der Waals surface area (Å²) >= 11 is 1.74. The van der Waals surface area contributed by atoms with E-state index in [-0.39, 0.29) is 30.2 Å². The van der Waals surface area contributed by atoms with Gasteiger partial charge in [-0.15, -0.1) is 69.1 Å². The van der Waals surface area contributed by atoms with Crippen molar-refractivity contribution in [1.82, 2.24) is 0 Å². The van der Waals surface area contributed by atoms with E-state index in [1.54, 1.807) is 23.3 Å². The van der Waals surface area contributed by atoms with E-state index in [2.05, 4.69) is 148 Å². The van der Waals surface area contributed by atoms with Gasteiger partial charge in [-0.05, 0) is 60.5 Å². The summed E-state index contributed by atoms with van der Waals surface area (Å²) in [6.07, 6.45) is 13.7. The quantitative estimate of drug-likeness (QED) is 0.121. The predicted octanol–water partition coefficient (Wildman–Crippen LogP) is 7.49. The molecule has 0 bridgehead atoms. The zero-order chi connectivity index (χ0) is 33.6. The Hall–Kier alpha value is -2.22. The second-order valence-corrected chi connectivity index (χ2v) is 24.8. The molecule has 0 radical (unpaired) electrons. The van der Waals surface area contributed by atoms with Crippen molar-refractivity contribution in [2.24, 2.45) is 10.8 Å². The summed E-state index contributed by atoms with van der Waals surface area (Å²) in [5, 5.41) is 5.59. The fourth-order valence-corrected chi connectivity index (χ4v) is 8.33. The molecule has 0 N–H and O–H groups in total. The molecule has 4 heteroatoms. The number of hydrogen-bond acceptors (Lipinski definition) is 0. The molecule has 2 fully saturated rings. The molecule has 6 aromatic carbocycles. The van der Waals surface area contributed by atoms with Crippen LogP contribution in [0.1, 0.15) is 76.3 Å². The van der Waals surface area contributed by atoms with E-state index >= 15 is 0 Å². The van der Waals surface area contributed by atoms with Gasteiger partial charge in [0.1, 0.15) is 0 Å². The molecule has 260 valence electrons. The van der Waals surface area contributed by atoms with Crippen molar-refractivity contribution in [3.8, 4) is 22.3 Å². The van der Waals surface area contributed by atoms with Crippen molar-refractivity contribution in [3.63, 3.8) is 0 Å². The summed E-state index contributed by atoms with van der Waals surface area (Å²) in [6, 6.07) is 44.5. The zero-order valence-electron chi connectivity index (χ0n) is 30.4. The van der Waals surface area contributed by atoms with Crippen LogP contribution in [0.5, 0.6) is 0 Å². The Labute approximate surface area is 329 Å². The van der Waals surface area contributed by atoms with E-state index in [0.29, 0.717) is 10.8 Å². The minimum Gasteiger partial charge on any atom is -1.00 e. The zero-order valence-corrected chi connectivity index (χ0v) is 35.3. The molecule has 0 amide bonds. The number of hydrogen-bond donors (Lipinski definition) is 0. The smallest absolute Gasteiger partial charge is 1.00 e. The van der Waals surface area contributed by atoms with Gasteiger partial charge in [0, 0.05) is 0 Å². The van der Waals surface area contributed by atoms with Crippen molar-refractivity contribution in [2.75, 3.05) is 0 Å². The first-order valence-corrected chi connectivity index (χ1v) is 24.4. The van der Waals surface area contributed by atoms with Crippen LogP contribution in [-0.2, 0) is 36.2 Å². The van der Waals surface area contributed by atoms with Gasteiger partial charge >= 0.3 is 41.9 Å². The molecular weight excluding hydrogens is 743 g/mol. The summed E-state index contributed by atoms with van der Waals surface area (Å²) in [4.78, 5) is 0. The van der Waals surface area contributed by atoms with Gasteiger partial charge in [0.2, 0.25) is 0 Å². The van der Waals surface area contributed by atoms with Gasteiger partial charge < -0.3 is 24.8 Å². The molecule has 0 heterocycles. The molecule has 6 aromatic rings. The first-order valence-electron chi connectivity index (χ1n) is 18.2. The van der Waals surface area contributed by atoms with Crippen LogP contribution in [0.25, 0.3) is 43.8 Å². The van der Waals surface area contributed by atoms with Crippen molar-refractivity contribution in [3.05, 3.63) is 132 Å². The molecule has 0 spiro atoms. The van der Waals surface area contributed by atoms with Gasteiger partial charge in [-0.25, -0.2) is 0 Å². The van der Waals surface area contributed by atoms with E-state index < -0.39 is 0 Å². The van der Waals surface area contributed by atoms with Crippen molar-refractivity contribution >= 4 is 27.0 Å². The van der Waals surface area contributed by atoms with Crippen LogP contribution in [0.2, 0.25) is 13.1 Å². The van der Waals surface area contributed by atoms with Gasteiger partial charge in [0.15, 0.2) is 0 Å². The predicted molar refractivity (Wildman–Crippen MR) is 208 cm³/mol. The average molecular weight is 795 g/mol. The third-order valence-corrected chi connectivity index (χ3v) is 10.7. The standard InChI is InChI=1S/2C22H23.C2H6Si.2ClH.Zr/c2*1-22(12-5-6-13-22)16-17-14-19-10-7-11-20(21(19)15-17)18-8-3-2-4-9-18;1-3-2;;;/h2*2-4,7-11,14-15H,5-6,12-13,16H2,1H3;1-2H3;2*1H;/q2*-1;;;;+2/p-2. The number of rotatable bonds is 6. The number of halogens is 2. The maximum absolute atomic E-state index is 2.47. The monoisotopic (exact) mass is 792 g/mol. The molecule has 0 atom stereocenters. The summed E-state index contributed by atoms with van der Waals surface area (Å²) in [5.74, 6) is 0. The third kappa shape index (κ3) is 10.4. The first kappa shape index (κ1) is 40.5. The minimum absolute atomic E-state index is 0. The minimum atomic E-state index is 0. The normalized spacial score (nSPS) is 15.6. The third-order valence-electron chi connectivity index (χ3n) is 10.7. The van der Waals surface area contributed by atoms with E-state index in [1.165, 1.54) is 119 Å². The van der Waals surface area contributed by atoms with E-state index in [0.717, 1.165) is 0 Å². The number of benzene rings is 4. The van der Waals surface area contributed by atoms with Gasteiger partial charge in [-0.2, -0.15) is 12.1 Å². The summed E-state index contributed by atoms with van der Waals surface area (Å²) < 4.78 is 0. The summed E-state index contributed by atoms with van der Waals surface area (Å²) in [5.41, 5.74) is 9.65. The van der Waals surface area contributed by atoms with Crippen LogP contribution in [0, 0.1) is 10.8 Å². The fraction of sp³-hybridized carbons (Fsp3) is 0.348. The molecular formula is C46H52Cl2SiZr-2. The largest absolute Gasteiger partial charge is 1.00 e. The van der Waals surface area contributed by atoms with Gasteiger partial charge in [-0.1, -0.05) is 123 Å². The van der Waals surface area contributed by atoms with Crippen LogP contribution >= 0.6 is 0 Å². The second-order valence-electron chi connectivity index (χ2n) is 15.5. The average Bonchev–Trinajstić information content (AvgIpc) is 3.88. The molecule has 0 aliphatic heterocycles. The Morgan fingerprint density at radius 2 is 0.880 bits per heavy atom. The van der Waals surface area contributed by atoms with Gasteiger partial charge in [0.05, 0.1) is 0 Å². The molecule has 0 unspecified atom stereocenters. The van der Waals surface area contributed by atoms with Gasteiger partial charge in [0.25, 0.3) is 0 Å². The summed E-state index contributed by atoms with van der Waals surface area (Å²) in [7, 11) is 0. The molecule has 2 aliphatic carbocycles. The van der Waals surface area contributed by atoms with E-state index in [1.807, 2.05) is 0 Å². The Balaban J connectivity index is 0.000000196. The van der Waals surface area contributed by atoms with Crippen molar-refractivity contribution in [1.29, 1.82) is 0 Å². The van der Waals surface area contributed by atoms with Crippen LogP contribution in [-0.4, -0.2) is 5.43 Å². The fourth-order valence-electron chi connectivity index (χ4n) is 8.33. The first-order chi connectivity index (χ1) is 23.2. The SMILES string of the molecule is CC1(Cc2cc3c(-c4ccccc4)cccc3[cH-]2)CCCC1.CC1(Cc2cc3c(-c4ccccc4)cccc3[cH-]2)CCCC1.C[Si](C)=[Zr+2].[Cl-].[Cl-]. The molecule has 50 heavy (non-hydrogen) atoms. The summed E-state index contributed by atoms with van der Waals surface area (Å²) in [6.45, 7) is 9.55. The second kappa shape index (κ2) is 18.5. The Morgan fingerprint density at radius 1 is 0.540 bits per heavy atom. The maximum atomic E-state index is 2.47. The van der Waals surface area contributed by atoms with Crippen LogP contribution in [0.15, 0.2) is 121 Å². The molecule has 0 nitrogen and oxygen atoms in total. The van der Waals surface area contributed by atoms with Crippen LogP contribution in [0.4, 0.5) is 0 Å². The molecule has 2 saturated carbocycles. The van der Waals surface area contributed by atoms with Crippen molar-refractivity contribution < 1.29 is 48.1 Å². The Morgan fingerprint density at radius 3 is 1.22 bits per heavy atom. The Bertz CT molecular complexity index is 1800. The molecule has 8 rings (SSSR count). The van der Waals surface area contributed by atoms with Crippen molar-refractivity contribution in [2.45, 2.75) is 91.1 Å². The molecule has 0 saturated heterocycles. The maximum Gasteiger partial charge on any atom is -1.00 e. The van der Waals surface area contributed by atoms with E-state index in [4.69, 9.17) is 0 Å². The van der Waals surface area contributed by atoms with Gasteiger partial charge in [-0.3, -0.25) is 0 Å². The van der Waals surface area contributed by atoms with E-state index in [9.17, 15) is 0 Å². The molecule has 0 aromatic heterocycles. The van der Waals surface area contributed by atoms with Crippen LogP contribution in [0.3, 0.4) is 0 Å². The molecule has 2 aliphatic rings. The van der Waals surface area contributed by atoms with Crippen LogP contribution < -0.4 is 24.8 Å².